The third-order valence-corrected chi connectivity index (χ3v) is 6.97. The lowest BCUT2D eigenvalue weighted by atomic mass is 9.70. The Morgan fingerprint density at radius 2 is 1.81 bits per heavy atom. The highest BCUT2D eigenvalue weighted by Crippen LogP contribution is 2.40. The number of nitrogens with one attached hydrogen (secondary N) is 2. The van der Waals surface area contributed by atoms with Gasteiger partial charge in [0.2, 0.25) is 5.91 Å². The molecule has 0 bridgehead atoms. The van der Waals surface area contributed by atoms with Gasteiger partial charge in [0.05, 0.1) is 6.54 Å². The normalized spacial score (nSPS) is 34.7. The van der Waals surface area contributed by atoms with E-state index in [9.17, 15) is 9.59 Å². The zero-order chi connectivity index (χ0) is 18.9. The maximum Gasteiger partial charge on any atom is 0.253 e. The maximum absolute atomic E-state index is 12.7. The summed E-state index contributed by atoms with van der Waals surface area (Å²) < 4.78 is 0. The third kappa shape index (κ3) is 4.52. The fourth-order valence-electron chi connectivity index (χ4n) is 4.63. The molecule has 1 aliphatic carbocycles. The second-order valence-corrected chi connectivity index (χ2v) is 9.70. The first kappa shape index (κ1) is 19.9. The van der Waals surface area contributed by atoms with Crippen LogP contribution in [0.4, 0.5) is 0 Å². The lowest BCUT2D eigenvalue weighted by molar-refractivity contribution is -0.139. The molecule has 148 valence electrons. The highest BCUT2D eigenvalue weighted by molar-refractivity contribution is 6.31. The molecule has 2 amide bonds. The quantitative estimate of drug-likeness (QED) is 0.725. The molecule has 2 atom stereocenters. The first-order chi connectivity index (χ1) is 12.3. The van der Waals surface area contributed by atoms with Crippen LogP contribution < -0.4 is 10.9 Å². The third-order valence-electron chi connectivity index (χ3n) is 6.48. The van der Waals surface area contributed by atoms with Gasteiger partial charge in [-0.15, -0.1) is 11.6 Å². The Balaban J connectivity index is 1.48. The Labute approximate surface area is 162 Å². The number of carbonyl (C=O) groups excluding carboxylic acids is 2. The van der Waals surface area contributed by atoms with Crippen LogP contribution in [0.2, 0.25) is 0 Å². The van der Waals surface area contributed by atoms with E-state index in [1.165, 1.54) is 25.7 Å². The number of piperazine rings is 1. The number of hydrazine groups is 1. The number of carbonyl (C=O) groups is 2. The second-order valence-electron chi connectivity index (χ2n) is 9.23. The van der Waals surface area contributed by atoms with Crippen LogP contribution in [0.5, 0.6) is 0 Å². The van der Waals surface area contributed by atoms with Crippen molar-refractivity contribution in [2.45, 2.75) is 57.9 Å². The van der Waals surface area contributed by atoms with Crippen LogP contribution in [0.15, 0.2) is 0 Å². The van der Waals surface area contributed by atoms with Crippen molar-refractivity contribution in [2.24, 2.45) is 17.3 Å². The van der Waals surface area contributed by atoms with E-state index in [2.05, 4.69) is 36.5 Å². The molecule has 0 aromatic heterocycles. The molecule has 26 heavy (non-hydrogen) atoms. The van der Waals surface area contributed by atoms with Crippen molar-refractivity contribution in [3.63, 3.8) is 0 Å². The summed E-state index contributed by atoms with van der Waals surface area (Å²) in [6.45, 7) is 10.4. The lowest BCUT2D eigenvalue weighted by Crippen LogP contribution is -2.65. The molecule has 3 fully saturated rings. The molecule has 6 nitrogen and oxygen atoms in total. The molecule has 0 radical (unpaired) electrons. The highest BCUT2D eigenvalue weighted by Gasteiger charge is 2.38. The van der Waals surface area contributed by atoms with Gasteiger partial charge < -0.3 is 4.90 Å². The van der Waals surface area contributed by atoms with Crippen LogP contribution in [0.3, 0.4) is 0 Å². The van der Waals surface area contributed by atoms with Crippen molar-refractivity contribution in [3.8, 4) is 0 Å². The van der Waals surface area contributed by atoms with Gasteiger partial charge in [-0.1, -0.05) is 20.8 Å². The van der Waals surface area contributed by atoms with Gasteiger partial charge in [0.15, 0.2) is 0 Å². The number of hydrogen-bond acceptors (Lipinski definition) is 4. The van der Waals surface area contributed by atoms with Crippen molar-refractivity contribution in [3.05, 3.63) is 0 Å². The minimum Gasteiger partial charge on any atom is -0.340 e. The van der Waals surface area contributed by atoms with Gasteiger partial charge in [-0.3, -0.25) is 19.9 Å². The molecule has 3 aliphatic rings. The molecule has 2 heterocycles. The molecule has 2 aliphatic heterocycles. The summed E-state index contributed by atoms with van der Waals surface area (Å²) in [6, 6.07) is -0.126. The number of halogens is 1. The van der Waals surface area contributed by atoms with Gasteiger partial charge in [0.1, 0.15) is 5.38 Å². The summed E-state index contributed by atoms with van der Waals surface area (Å²) in [6.07, 6.45) is 5.01. The minimum absolute atomic E-state index is 0.126. The lowest BCUT2D eigenvalue weighted by Gasteiger charge is -2.43. The van der Waals surface area contributed by atoms with Gasteiger partial charge >= 0.3 is 0 Å². The number of nitrogens with zero attached hydrogens (tertiary/aromatic N) is 2. The van der Waals surface area contributed by atoms with E-state index in [-0.39, 0.29) is 17.9 Å². The summed E-state index contributed by atoms with van der Waals surface area (Å²) in [5.74, 6) is 1.39. The van der Waals surface area contributed by atoms with Crippen LogP contribution >= 0.6 is 11.6 Å². The predicted octanol–water partition coefficient (Wildman–Crippen LogP) is 1.59. The van der Waals surface area contributed by atoms with Gasteiger partial charge in [0.25, 0.3) is 5.91 Å². The van der Waals surface area contributed by atoms with Crippen LogP contribution in [0.25, 0.3) is 0 Å². The SMILES string of the molecule is CC(C)(C)C1CCC(CN2CCN(C3CNNC(=O)C3Cl)CC2=O)CC1. The fourth-order valence-corrected chi connectivity index (χ4v) is 4.93. The van der Waals surface area contributed by atoms with Gasteiger partial charge in [0, 0.05) is 32.2 Å². The Morgan fingerprint density at radius 3 is 2.42 bits per heavy atom. The highest BCUT2D eigenvalue weighted by atomic mass is 35.5. The molecule has 2 saturated heterocycles. The van der Waals surface area contributed by atoms with Crippen LogP contribution in [0, 0.1) is 17.3 Å². The smallest absolute Gasteiger partial charge is 0.253 e. The average molecular weight is 385 g/mol. The molecule has 2 unspecified atom stereocenters. The van der Waals surface area contributed by atoms with Crippen molar-refractivity contribution in [1.29, 1.82) is 0 Å². The first-order valence-electron chi connectivity index (χ1n) is 9.94. The monoisotopic (exact) mass is 384 g/mol. The largest absolute Gasteiger partial charge is 0.340 e. The number of alkyl halides is 1. The van der Waals surface area contributed by atoms with Gasteiger partial charge in [-0.25, -0.2) is 5.43 Å². The second kappa shape index (κ2) is 8.03. The topological polar surface area (TPSA) is 64.7 Å². The molecular weight excluding hydrogens is 352 g/mol. The maximum atomic E-state index is 12.7. The molecule has 2 N–H and O–H groups in total. The number of rotatable bonds is 3. The summed E-state index contributed by atoms with van der Waals surface area (Å²) in [5.41, 5.74) is 5.81. The summed E-state index contributed by atoms with van der Waals surface area (Å²) in [4.78, 5) is 28.5. The van der Waals surface area contributed by atoms with Crippen LogP contribution in [0.1, 0.15) is 46.5 Å². The number of amides is 2. The van der Waals surface area contributed by atoms with E-state index in [4.69, 9.17) is 11.6 Å². The Kier molecular flexibility index (Phi) is 6.14. The number of hydrogen-bond donors (Lipinski definition) is 2. The average Bonchev–Trinajstić information content (AvgIpc) is 2.59. The Morgan fingerprint density at radius 1 is 1.12 bits per heavy atom. The van der Waals surface area contributed by atoms with Crippen LogP contribution in [-0.2, 0) is 9.59 Å². The zero-order valence-corrected chi connectivity index (χ0v) is 17.0. The predicted molar refractivity (Wildman–Crippen MR) is 103 cm³/mol. The van der Waals surface area contributed by atoms with Gasteiger partial charge in [-0.05, 0) is 42.9 Å². The van der Waals surface area contributed by atoms with Crippen LogP contribution in [-0.4, -0.2) is 65.8 Å². The molecule has 0 aromatic carbocycles. The van der Waals surface area contributed by atoms with Crippen molar-refractivity contribution in [1.82, 2.24) is 20.7 Å². The molecule has 3 rings (SSSR count). The Hall–Kier alpha value is -0.850. The summed E-state index contributed by atoms with van der Waals surface area (Å²) >= 11 is 6.24. The molecule has 7 heteroatoms. The molecule has 0 spiro atoms. The first-order valence-corrected chi connectivity index (χ1v) is 10.4. The summed E-state index contributed by atoms with van der Waals surface area (Å²) in [7, 11) is 0. The molecule has 1 saturated carbocycles. The zero-order valence-electron chi connectivity index (χ0n) is 16.3. The van der Waals surface area contributed by atoms with E-state index in [0.717, 1.165) is 25.6 Å². The molecule has 0 aromatic rings. The fraction of sp³-hybridized carbons (Fsp3) is 0.895. The minimum atomic E-state index is -0.608. The van der Waals surface area contributed by atoms with Crippen molar-refractivity contribution in [2.75, 3.05) is 32.7 Å². The van der Waals surface area contributed by atoms with Crippen molar-refractivity contribution < 1.29 is 9.59 Å². The van der Waals surface area contributed by atoms with Gasteiger partial charge in [-0.2, -0.15) is 0 Å². The van der Waals surface area contributed by atoms with E-state index >= 15 is 0 Å². The molecular formula is C19H33ClN4O2. The standard InChI is InChI=1S/C19H33ClN4O2/c1-19(2,3)14-6-4-13(5-7-14)11-24-9-8-23(12-16(24)25)15-10-21-22-18(26)17(15)20/h13-15,17,21H,4-12H2,1-3H3,(H,22,26). The van der Waals surface area contributed by atoms with E-state index < -0.39 is 5.38 Å². The summed E-state index contributed by atoms with van der Waals surface area (Å²) in [5, 5.41) is -0.608. The van der Waals surface area contributed by atoms with E-state index in [1.54, 1.807) is 0 Å². The van der Waals surface area contributed by atoms with E-state index in [1.807, 2.05) is 4.90 Å². The Bertz CT molecular complexity index is 528. The van der Waals surface area contributed by atoms with E-state index in [0.29, 0.717) is 24.4 Å². The van der Waals surface area contributed by atoms with Crippen molar-refractivity contribution >= 4 is 23.4 Å².